The number of hydrogen-bond donors (Lipinski definition) is 1. The van der Waals surface area contributed by atoms with E-state index in [1.807, 2.05) is 0 Å². The van der Waals surface area contributed by atoms with Crippen molar-refractivity contribution >= 4 is 0 Å². The van der Waals surface area contributed by atoms with Gasteiger partial charge in [0.2, 0.25) is 0 Å². The highest BCUT2D eigenvalue weighted by atomic mass is 17.6. The monoisotopic (exact) mass is 106 g/mol. The summed E-state index contributed by atoms with van der Waals surface area (Å²) in [6.07, 6.45) is 2.77. The first-order valence-electron chi connectivity index (χ1n) is 1.66. The minimum absolute atomic E-state index is 1.20. The second kappa shape index (κ2) is 5.42. The third kappa shape index (κ3) is 5.42. The molecule has 1 N–H and O–H groups in total. The zero-order valence-electron chi connectivity index (χ0n) is 3.83. The van der Waals surface area contributed by atoms with E-state index in [9.17, 15) is 0 Å². The van der Waals surface area contributed by atoms with Gasteiger partial charge in [0.1, 0.15) is 6.26 Å². The van der Waals surface area contributed by atoms with E-state index in [1.54, 1.807) is 13.0 Å². The molecule has 0 saturated carbocycles. The smallest absolute Gasteiger partial charge is 0.128 e. The number of rotatable bonds is 3. The van der Waals surface area contributed by atoms with Gasteiger partial charge in [-0.25, -0.2) is 5.26 Å². The van der Waals surface area contributed by atoms with Gasteiger partial charge in [-0.05, 0) is 18.0 Å². The maximum atomic E-state index is 7.41. The lowest BCUT2D eigenvalue weighted by atomic mass is 10.7. The van der Waals surface area contributed by atoms with Gasteiger partial charge in [0.05, 0.1) is 0 Å². The highest BCUT2D eigenvalue weighted by Crippen LogP contribution is 1.77. The van der Waals surface area contributed by atoms with Crippen molar-refractivity contribution in [2.24, 2.45) is 0 Å². The molecule has 0 aromatic heterocycles. The zero-order chi connectivity index (χ0) is 5.54. The molecule has 0 aliphatic heterocycles. The first-order chi connectivity index (χ1) is 3.41. The Morgan fingerprint density at radius 2 is 2.29 bits per heavy atom. The third-order valence-corrected chi connectivity index (χ3v) is 0.261. The average Bonchev–Trinajstić information content (AvgIpc) is 1.69. The molecule has 0 aliphatic rings. The van der Waals surface area contributed by atoms with Crippen molar-refractivity contribution in [1.29, 1.82) is 0 Å². The maximum absolute atomic E-state index is 7.41. The number of hydrogen-bond acceptors (Lipinski definition) is 4. The highest BCUT2D eigenvalue weighted by Gasteiger charge is 1.71. The molecule has 0 saturated heterocycles. The molecule has 0 unspecified atom stereocenters. The van der Waals surface area contributed by atoms with Gasteiger partial charge in [-0.1, -0.05) is 0 Å². The van der Waals surface area contributed by atoms with Crippen molar-refractivity contribution in [2.75, 3.05) is 0 Å². The van der Waals surface area contributed by atoms with Crippen LogP contribution in [0.15, 0.2) is 12.3 Å². The van der Waals surface area contributed by atoms with Crippen molar-refractivity contribution in [2.45, 2.75) is 6.92 Å². The summed E-state index contributed by atoms with van der Waals surface area (Å²) in [5, 5.41) is 14.0. The van der Waals surface area contributed by atoms with E-state index in [1.165, 1.54) is 6.26 Å². The van der Waals surface area contributed by atoms with E-state index < -0.39 is 0 Å². The van der Waals surface area contributed by atoms with Crippen LogP contribution in [-0.2, 0) is 15.0 Å². The average molecular weight is 106 g/mol. The fourth-order valence-electron chi connectivity index (χ4n) is 0.0958. The van der Waals surface area contributed by atoms with Crippen LogP contribution in [0, 0.1) is 0 Å². The van der Waals surface area contributed by atoms with Crippen molar-refractivity contribution in [1.82, 2.24) is 0 Å². The molecule has 4 heteroatoms. The standard InChI is InChI=1S/C3H6O4/c1-2-3-5-7-6-4/h2-4H,1H3/b3-2-. The molecule has 0 rings (SSSR count). The molecule has 0 bridgehead atoms. The van der Waals surface area contributed by atoms with E-state index in [-0.39, 0.29) is 0 Å². The first-order valence-corrected chi connectivity index (χ1v) is 1.66. The lowest BCUT2D eigenvalue weighted by Crippen LogP contribution is -1.83. The van der Waals surface area contributed by atoms with Gasteiger partial charge < -0.3 is 4.89 Å². The Kier molecular flexibility index (Phi) is 4.97. The molecule has 0 aromatic carbocycles. The van der Waals surface area contributed by atoms with Crippen LogP contribution in [0.2, 0.25) is 0 Å². The SMILES string of the molecule is C/C=C\OOOO. The molecule has 42 valence electrons. The van der Waals surface area contributed by atoms with Crippen LogP contribution in [0.3, 0.4) is 0 Å². The van der Waals surface area contributed by atoms with Crippen LogP contribution in [0.4, 0.5) is 0 Å². The Balaban J connectivity index is 2.69. The second-order valence-corrected chi connectivity index (χ2v) is 0.708. The first kappa shape index (κ1) is 6.42. The fourth-order valence-corrected chi connectivity index (χ4v) is 0.0958. The summed E-state index contributed by atoms with van der Waals surface area (Å²) in [5.74, 6) is 0. The predicted molar refractivity (Wildman–Crippen MR) is 20.7 cm³/mol. The summed E-state index contributed by atoms with van der Waals surface area (Å²) in [4.78, 5) is 3.98. The van der Waals surface area contributed by atoms with Gasteiger partial charge in [0.15, 0.2) is 0 Å². The summed E-state index contributed by atoms with van der Waals surface area (Å²) < 4.78 is 0. The van der Waals surface area contributed by atoms with Gasteiger partial charge in [-0.2, -0.15) is 0 Å². The number of allylic oxidation sites excluding steroid dienone is 1. The van der Waals surface area contributed by atoms with E-state index in [0.29, 0.717) is 0 Å². The Bertz CT molecular complexity index is 50.9. The molecule has 0 heterocycles. The van der Waals surface area contributed by atoms with Crippen molar-refractivity contribution in [3.8, 4) is 0 Å². The normalized spacial score (nSPS) is 10.0. The molecule has 7 heavy (non-hydrogen) atoms. The van der Waals surface area contributed by atoms with E-state index in [0.717, 1.165) is 0 Å². The van der Waals surface area contributed by atoms with Gasteiger partial charge in [-0.3, -0.25) is 0 Å². The van der Waals surface area contributed by atoms with E-state index >= 15 is 0 Å². The summed E-state index contributed by atoms with van der Waals surface area (Å²) in [5.41, 5.74) is 0. The maximum Gasteiger partial charge on any atom is 0.128 e. The van der Waals surface area contributed by atoms with Gasteiger partial charge >= 0.3 is 0 Å². The Labute approximate surface area is 40.7 Å². The minimum atomic E-state index is 1.20. The molecule has 0 fully saturated rings. The van der Waals surface area contributed by atoms with E-state index in [2.05, 4.69) is 15.0 Å². The van der Waals surface area contributed by atoms with Crippen molar-refractivity contribution < 1.29 is 20.2 Å². The topological polar surface area (TPSA) is 47.9 Å². The molecule has 0 aliphatic carbocycles. The van der Waals surface area contributed by atoms with Crippen molar-refractivity contribution in [3.63, 3.8) is 0 Å². The summed E-state index contributed by atoms with van der Waals surface area (Å²) in [7, 11) is 0. The molecule has 4 nitrogen and oxygen atoms in total. The summed E-state index contributed by atoms with van der Waals surface area (Å²) >= 11 is 0. The van der Waals surface area contributed by atoms with Crippen LogP contribution < -0.4 is 0 Å². The predicted octanol–water partition coefficient (Wildman–Crippen LogP) is 0.873. The molecular weight excluding hydrogens is 100 g/mol. The summed E-state index contributed by atoms with van der Waals surface area (Å²) in [6.45, 7) is 1.72. The minimum Gasteiger partial charge on any atom is -0.314 e. The molecule has 0 atom stereocenters. The third-order valence-electron chi connectivity index (χ3n) is 0.261. The Hall–Kier alpha value is -0.580. The van der Waals surface area contributed by atoms with Crippen LogP contribution >= 0.6 is 0 Å². The lowest BCUT2D eigenvalue weighted by Gasteiger charge is -1.87. The lowest BCUT2D eigenvalue weighted by molar-refractivity contribution is -0.609. The largest absolute Gasteiger partial charge is 0.314 e. The highest BCUT2D eigenvalue weighted by molar-refractivity contribution is 4.62. The molecular formula is C3H6O4. The van der Waals surface area contributed by atoms with E-state index in [4.69, 9.17) is 5.26 Å². The summed E-state index contributed by atoms with van der Waals surface area (Å²) in [6, 6.07) is 0. The second-order valence-electron chi connectivity index (χ2n) is 0.708. The molecule has 0 amide bonds. The van der Waals surface area contributed by atoms with Gasteiger partial charge in [-0.15, -0.1) is 0 Å². The Morgan fingerprint density at radius 1 is 1.57 bits per heavy atom. The van der Waals surface area contributed by atoms with Crippen molar-refractivity contribution in [3.05, 3.63) is 12.3 Å². The van der Waals surface area contributed by atoms with Crippen LogP contribution in [0.1, 0.15) is 6.92 Å². The van der Waals surface area contributed by atoms with Crippen LogP contribution in [-0.4, -0.2) is 5.26 Å². The Morgan fingerprint density at radius 3 is 2.71 bits per heavy atom. The molecule has 0 radical (unpaired) electrons. The molecule has 0 aromatic rings. The van der Waals surface area contributed by atoms with Crippen LogP contribution in [0.5, 0.6) is 0 Å². The quantitative estimate of drug-likeness (QED) is 0.251. The van der Waals surface area contributed by atoms with Gasteiger partial charge in [0.25, 0.3) is 0 Å². The van der Waals surface area contributed by atoms with Crippen LogP contribution in [0.25, 0.3) is 0 Å². The zero-order valence-corrected chi connectivity index (χ0v) is 3.83. The van der Waals surface area contributed by atoms with Gasteiger partial charge in [0, 0.05) is 5.04 Å². The molecule has 0 spiro atoms. The fraction of sp³-hybridized carbons (Fsp3) is 0.333.